The average molecular weight is 482 g/mol. The number of rotatable bonds is 3. The van der Waals surface area contributed by atoms with Crippen LogP contribution in [0.5, 0.6) is 0 Å². The third-order valence-corrected chi connectivity index (χ3v) is 6.15. The number of amides is 2. The Labute approximate surface area is 209 Å². The predicted molar refractivity (Wildman–Crippen MR) is 141 cm³/mol. The summed E-state index contributed by atoms with van der Waals surface area (Å²) in [6.07, 6.45) is 1.83. The zero-order valence-electron chi connectivity index (χ0n) is 19.9. The van der Waals surface area contributed by atoms with E-state index >= 15 is 0 Å². The Kier molecular flexibility index (Phi) is 6.66. The minimum atomic E-state index is -0.603. The number of nitrogens with zero attached hydrogens (tertiary/aromatic N) is 1. The van der Waals surface area contributed by atoms with E-state index in [-0.39, 0.29) is 12.5 Å². The van der Waals surface area contributed by atoms with Crippen molar-refractivity contribution in [2.24, 2.45) is 0 Å². The number of benzene rings is 3. The van der Waals surface area contributed by atoms with E-state index in [1.807, 2.05) is 73.8 Å². The zero-order chi connectivity index (χ0) is 24.9. The number of nitrogens with one attached hydrogen (secondary N) is 4. The fourth-order valence-corrected chi connectivity index (χ4v) is 4.28. The van der Waals surface area contributed by atoms with Gasteiger partial charge in [-0.25, -0.2) is 9.78 Å². The predicted octanol–water partition coefficient (Wildman–Crippen LogP) is 4.85. The molecule has 8 heteroatoms. The lowest BCUT2D eigenvalue weighted by molar-refractivity contribution is -0.122. The topological polar surface area (TPSA) is 104 Å². The molecule has 2 amide bonds. The lowest BCUT2D eigenvalue weighted by atomic mass is 10.0. The van der Waals surface area contributed by atoms with Gasteiger partial charge in [-0.1, -0.05) is 36.4 Å². The van der Waals surface area contributed by atoms with Crippen molar-refractivity contribution < 1.29 is 14.3 Å². The van der Waals surface area contributed by atoms with E-state index in [0.29, 0.717) is 18.7 Å². The number of carbonyl (C=O) groups excluding carboxylic acids is 2. The third-order valence-electron chi connectivity index (χ3n) is 6.15. The van der Waals surface area contributed by atoms with Gasteiger partial charge in [-0.2, -0.15) is 0 Å². The number of ether oxygens (including phenoxy) is 1. The Morgan fingerprint density at radius 2 is 1.83 bits per heavy atom. The van der Waals surface area contributed by atoms with Gasteiger partial charge in [0.05, 0.1) is 6.61 Å². The van der Waals surface area contributed by atoms with Gasteiger partial charge in [-0.3, -0.25) is 10.1 Å². The van der Waals surface area contributed by atoms with Crippen LogP contribution in [-0.4, -0.2) is 30.6 Å². The highest BCUT2D eigenvalue weighted by atomic mass is 16.5. The van der Waals surface area contributed by atoms with E-state index in [9.17, 15) is 9.59 Å². The van der Waals surface area contributed by atoms with Crippen molar-refractivity contribution in [3.8, 4) is 0 Å². The number of aromatic nitrogens is 1. The normalized spacial score (nSPS) is 16.1. The highest BCUT2D eigenvalue weighted by Gasteiger charge is 2.21. The maximum Gasteiger partial charge on any atom is 0.411 e. The molecule has 3 heterocycles. The molecule has 8 nitrogen and oxygen atoms in total. The molecule has 0 unspecified atom stereocenters. The third kappa shape index (κ3) is 5.22. The Hall–Kier alpha value is -4.59. The second-order valence-electron chi connectivity index (χ2n) is 8.59. The van der Waals surface area contributed by atoms with Crippen molar-refractivity contribution in [1.29, 1.82) is 0 Å². The molecule has 4 bridgehead atoms. The first-order valence-corrected chi connectivity index (χ1v) is 11.8. The monoisotopic (exact) mass is 481 g/mol. The summed E-state index contributed by atoms with van der Waals surface area (Å²) in [7, 11) is 1.84. The summed E-state index contributed by atoms with van der Waals surface area (Å²) in [5.41, 5.74) is 4.15. The molecule has 4 N–H and O–H groups in total. The summed E-state index contributed by atoms with van der Waals surface area (Å²) in [5, 5.41) is 14.3. The molecular weight excluding hydrogens is 454 g/mol. The van der Waals surface area contributed by atoms with Crippen LogP contribution < -0.4 is 21.3 Å². The summed E-state index contributed by atoms with van der Waals surface area (Å²) in [5.74, 6) is 0.651. The standard InChI is InChI=1S/C28H27N5O3/c1-29-26-24-10-9-23(16-21(24)11-13-30-26)32-25-20-7-5-18(6-8-20)12-14-36-28(35)33-22-4-2-3-19(15-22)17-31-27(25)34/h2-11,13,15-16,25,32H,12,14,17H2,1H3,(H,29,30)(H,31,34)(H,33,35)/t25-/m1/s1. The molecular formula is C28H27N5O3. The van der Waals surface area contributed by atoms with Crippen LogP contribution in [0.1, 0.15) is 22.7 Å². The molecule has 6 rings (SSSR count). The van der Waals surface area contributed by atoms with Gasteiger partial charge in [0.25, 0.3) is 0 Å². The molecule has 0 fully saturated rings. The summed E-state index contributed by atoms with van der Waals surface area (Å²) in [6, 6.07) is 22.4. The lowest BCUT2D eigenvalue weighted by Crippen LogP contribution is -2.33. The van der Waals surface area contributed by atoms with E-state index in [1.54, 1.807) is 12.3 Å². The Morgan fingerprint density at radius 1 is 0.972 bits per heavy atom. The zero-order valence-corrected chi connectivity index (χ0v) is 19.9. The Balaban J connectivity index is 1.45. The minimum Gasteiger partial charge on any atom is -0.449 e. The van der Waals surface area contributed by atoms with Crippen LogP contribution in [0.3, 0.4) is 0 Å². The van der Waals surface area contributed by atoms with Gasteiger partial charge >= 0.3 is 6.09 Å². The van der Waals surface area contributed by atoms with E-state index in [2.05, 4.69) is 26.3 Å². The molecule has 182 valence electrons. The summed E-state index contributed by atoms with van der Waals surface area (Å²) < 4.78 is 5.32. The van der Waals surface area contributed by atoms with E-state index in [1.165, 1.54) is 0 Å². The van der Waals surface area contributed by atoms with Gasteiger partial charge in [0, 0.05) is 43.0 Å². The molecule has 0 spiro atoms. The fraction of sp³-hybridized carbons (Fsp3) is 0.179. The molecule has 2 aliphatic rings. The van der Waals surface area contributed by atoms with Crippen molar-refractivity contribution in [2.75, 3.05) is 29.6 Å². The highest BCUT2D eigenvalue weighted by molar-refractivity contribution is 5.94. The number of carbonyl (C=O) groups is 2. The minimum absolute atomic E-state index is 0.154. The molecule has 0 aliphatic carbocycles. The molecule has 1 atom stereocenters. The maximum atomic E-state index is 13.4. The maximum absolute atomic E-state index is 13.4. The quantitative estimate of drug-likeness (QED) is 0.334. The van der Waals surface area contributed by atoms with Crippen LogP contribution >= 0.6 is 0 Å². The first-order valence-electron chi connectivity index (χ1n) is 11.8. The summed E-state index contributed by atoms with van der Waals surface area (Å²) >= 11 is 0. The fourth-order valence-electron chi connectivity index (χ4n) is 4.28. The number of pyridine rings is 1. The number of hydrogen-bond donors (Lipinski definition) is 4. The molecule has 4 aromatic rings. The van der Waals surface area contributed by atoms with Crippen LogP contribution in [0.15, 0.2) is 79.0 Å². The van der Waals surface area contributed by atoms with Crippen molar-refractivity contribution in [3.05, 3.63) is 95.7 Å². The second kappa shape index (κ2) is 10.4. The van der Waals surface area contributed by atoms with Gasteiger partial charge < -0.3 is 20.7 Å². The molecule has 36 heavy (non-hydrogen) atoms. The van der Waals surface area contributed by atoms with Crippen LogP contribution in [-0.2, 0) is 22.5 Å². The summed E-state index contributed by atoms with van der Waals surface area (Å²) in [6.45, 7) is 0.572. The second-order valence-corrected chi connectivity index (χ2v) is 8.59. The lowest BCUT2D eigenvalue weighted by Gasteiger charge is -2.21. The Bertz CT molecular complexity index is 1400. The smallest absolute Gasteiger partial charge is 0.411 e. The van der Waals surface area contributed by atoms with Crippen LogP contribution in [0.25, 0.3) is 10.8 Å². The molecule has 2 aliphatic heterocycles. The SMILES string of the molecule is CNc1nccc2cc(N[C@H]3C(=O)NCc4cccc(c4)NC(=O)OCCc4ccc3cc4)ccc12. The highest BCUT2D eigenvalue weighted by Crippen LogP contribution is 2.27. The van der Waals surface area contributed by atoms with Crippen LogP contribution in [0, 0.1) is 0 Å². The van der Waals surface area contributed by atoms with Crippen molar-refractivity contribution >= 4 is 40.0 Å². The van der Waals surface area contributed by atoms with Gasteiger partial charge in [0.2, 0.25) is 5.91 Å². The molecule has 3 aromatic carbocycles. The molecule has 0 saturated heterocycles. The molecule has 0 radical (unpaired) electrons. The van der Waals surface area contributed by atoms with Crippen molar-refractivity contribution in [1.82, 2.24) is 10.3 Å². The number of anilines is 3. The van der Waals surface area contributed by atoms with E-state index < -0.39 is 12.1 Å². The molecule has 1 aromatic heterocycles. The number of fused-ring (bicyclic) bond motifs is 10. The van der Waals surface area contributed by atoms with Crippen molar-refractivity contribution in [3.63, 3.8) is 0 Å². The first kappa shape index (κ1) is 23.2. The van der Waals surface area contributed by atoms with Crippen LogP contribution in [0.4, 0.5) is 22.0 Å². The van der Waals surface area contributed by atoms with E-state index in [4.69, 9.17) is 4.74 Å². The Morgan fingerprint density at radius 3 is 2.67 bits per heavy atom. The van der Waals surface area contributed by atoms with Gasteiger partial charge in [0.1, 0.15) is 11.9 Å². The first-order chi connectivity index (χ1) is 17.6. The molecule has 0 saturated carbocycles. The van der Waals surface area contributed by atoms with Gasteiger partial charge in [-0.05, 0) is 58.5 Å². The summed E-state index contributed by atoms with van der Waals surface area (Å²) in [4.78, 5) is 29.9. The number of hydrogen-bond acceptors (Lipinski definition) is 6. The van der Waals surface area contributed by atoms with Crippen molar-refractivity contribution in [2.45, 2.75) is 19.0 Å². The van der Waals surface area contributed by atoms with Gasteiger partial charge in [-0.15, -0.1) is 0 Å². The largest absolute Gasteiger partial charge is 0.449 e. The van der Waals surface area contributed by atoms with Gasteiger partial charge in [0.15, 0.2) is 0 Å². The van der Waals surface area contributed by atoms with E-state index in [0.717, 1.165) is 39.0 Å². The van der Waals surface area contributed by atoms with Crippen LogP contribution in [0.2, 0.25) is 0 Å². The average Bonchev–Trinajstić information content (AvgIpc) is 2.90.